The van der Waals surface area contributed by atoms with Gasteiger partial charge in [-0.3, -0.25) is 0 Å². The molecule has 1 aromatic carbocycles. The molecule has 140 valence electrons. The first-order valence-corrected chi connectivity index (χ1v) is 9.54. The number of aromatic nitrogens is 4. The van der Waals surface area contributed by atoms with Crippen LogP contribution in [0.3, 0.4) is 0 Å². The van der Waals surface area contributed by atoms with Crippen molar-refractivity contribution in [2.45, 2.75) is 24.1 Å². The maximum Gasteiger partial charge on any atom is 0.346 e. The van der Waals surface area contributed by atoms with Gasteiger partial charge in [-0.25, -0.2) is 14.0 Å². The molecule has 10 heteroatoms. The van der Waals surface area contributed by atoms with E-state index < -0.39 is 11.7 Å². The summed E-state index contributed by atoms with van der Waals surface area (Å²) in [6.45, 7) is 3.47. The van der Waals surface area contributed by atoms with E-state index in [1.54, 1.807) is 19.1 Å². The SMILES string of the molecule is COC(=O)c1c(SC(C)c2nnc(-c3cccc(F)c3)s2)nc(=O)[nH]c1C. The molecule has 0 radical (unpaired) electrons. The highest BCUT2D eigenvalue weighted by molar-refractivity contribution is 7.99. The lowest BCUT2D eigenvalue weighted by molar-refractivity contribution is 0.0594. The number of rotatable bonds is 5. The van der Waals surface area contributed by atoms with Crippen LogP contribution in [0.4, 0.5) is 4.39 Å². The Balaban J connectivity index is 1.89. The third kappa shape index (κ3) is 4.22. The number of halogens is 1. The minimum absolute atomic E-state index is 0.212. The summed E-state index contributed by atoms with van der Waals surface area (Å²) in [6.07, 6.45) is 0. The van der Waals surface area contributed by atoms with Crippen molar-refractivity contribution in [3.05, 3.63) is 56.8 Å². The number of carbonyl (C=O) groups is 1. The summed E-state index contributed by atoms with van der Waals surface area (Å²) >= 11 is 2.52. The van der Waals surface area contributed by atoms with Crippen LogP contribution in [0.25, 0.3) is 10.6 Å². The average Bonchev–Trinajstić information content (AvgIpc) is 3.11. The van der Waals surface area contributed by atoms with Gasteiger partial charge in [-0.05, 0) is 26.0 Å². The van der Waals surface area contributed by atoms with Gasteiger partial charge < -0.3 is 9.72 Å². The first kappa shape index (κ1) is 19.2. The third-order valence-electron chi connectivity index (χ3n) is 3.62. The molecular weight excluding hydrogens is 391 g/mol. The van der Waals surface area contributed by atoms with Gasteiger partial charge in [-0.15, -0.1) is 10.2 Å². The van der Waals surface area contributed by atoms with Crippen molar-refractivity contribution in [2.24, 2.45) is 0 Å². The zero-order valence-electron chi connectivity index (χ0n) is 14.6. The maximum absolute atomic E-state index is 13.4. The van der Waals surface area contributed by atoms with Gasteiger partial charge in [0.15, 0.2) is 0 Å². The predicted molar refractivity (Wildman–Crippen MR) is 101 cm³/mol. The molecule has 0 saturated carbocycles. The van der Waals surface area contributed by atoms with Gasteiger partial charge in [0.05, 0.1) is 12.4 Å². The molecule has 0 bridgehead atoms. The number of esters is 1. The van der Waals surface area contributed by atoms with Crippen LogP contribution < -0.4 is 5.69 Å². The number of hydrogen-bond donors (Lipinski definition) is 1. The van der Waals surface area contributed by atoms with Crippen molar-refractivity contribution >= 4 is 29.1 Å². The van der Waals surface area contributed by atoms with Gasteiger partial charge in [0.2, 0.25) is 0 Å². The quantitative estimate of drug-likeness (QED) is 0.394. The summed E-state index contributed by atoms with van der Waals surface area (Å²) < 4.78 is 18.2. The predicted octanol–water partition coefficient (Wildman–Crippen LogP) is 3.38. The minimum atomic E-state index is -0.580. The zero-order chi connectivity index (χ0) is 19.6. The number of carbonyl (C=O) groups excluding carboxylic acids is 1. The topological polar surface area (TPSA) is 97.8 Å². The van der Waals surface area contributed by atoms with Crippen LogP contribution in [-0.4, -0.2) is 33.2 Å². The van der Waals surface area contributed by atoms with Crippen molar-refractivity contribution in [3.8, 4) is 10.6 Å². The van der Waals surface area contributed by atoms with Gasteiger partial charge in [0, 0.05) is 11.3 Å². The van der Waals surface area contributed by atoms with Crippen LogP contribution in [0.5, 0.6) is 0 Å². The van der Waals surface area contributed by atoms with E-state index >= 15 is 0 Å². The highest BCUT2D eigenvalue weighted by Crippen LogP contribution is 2.38. The third-order valence-corrected chi connectivity index (χ3v) is 6.02. The van der Waals surface area contributed by atoms with Gasteiger partial charge in [0.1, 0.15) is 26.4 Å². The van der Waals surface area contributed by atoms with Gasteiger partial charge in [0.25, 0.3) is 0 Å². The normalized spacial score (nSPS) is 12.0. The molecule has 3 aromatic rings. The number of thioether (sulfide) groups is 1. The molecular formula is C17H15FN4O3S2. The van der Waals surface area contributed by atoms with Crippen molar-refractivity contribution in [1.82, 2.24) is 20.2 Å². The summed E-state index contributed by atoms with van der Waals surface area (Å²) in [5, 5.41) is 9.53. The van der Waals surface area contributed by atoms with Crippen molar-refractivity contribution < 1.29 is 13.9 Å². The second-order valence-electron chi connectivity index (χ2n) is 5.55. The molecule has 1 atom stereocenters. The number of benzene rings is 1. The molecule has 0 aliphatic heterocycles. The first-order chi connectivity index (χ1) is 12.9. The van der Waals surface area contributed by atoms with E-state index in [0.717, 1.165) is 0 Å². The number of aromatic amines is 1. The molecule has 1 unspecified atom stereocenters. The highest BCUT2D eigenvalue weighted by Gasteiger charge is 2.23. The molecule has 0 spiro atoms. The number of nitrogens with one attached hydrogen (secondary N) is 1. The molecule has 27 heavy (non-hydrogen) atoms. The molecule has 3 rings (SSSR count). The first-order valence-electron chi connectivity index (χ1n) is 7.84. The molecule has 2 heterocycles. The van der Waals surface area contributed by atoms with E-state index in [9.17, 15) is 14.0 Å². The lowest BCUT2D eigenvalue weighted by atomic mass is 10.2. The number of H-pyrrole nitrogens is 1. The Morgan fingerprint density at radius 3 is 2.85 bits per heavy atom. The lowest BCUT2D eigenvalue weighted by Crippen LogP contribution is -2.19. The lowest BCUT2D eigenvalue weighted by Gasteiger charge is -2.11. The number of hydrogen-bond acceptors (Lipinski definition) is 8. The van der Waals surface area contributed by atoms with E-state index in [1.807, 2.05) is 6.92 Å². The fraction of sp³-hybridized carbons (Fsp3) is 0.235. The van der Waals surface area contributed by atoms with E-state index in [1.165, 1.54) is 42.3 Å². The minimum Gasteiger partial charge on any atom is -0.465 e. The van der Waals surface area contributed by atoms with Crippen molar-refractivity contribution in [1.29, 1.82) is 0 Å². The largest absolute Gasteiger partial charge is 0.465 e. The molecule has 0 amide bonds. The smallest absolute Gasteiger partial charge is 0.346 e. The number of methoxy groups -OCH3 is 1. The second kappa shape index (κ2) is 7.97. The Morgan fingerprint density at radius 2 is 2.15 bits per heavy atom. The number of nitrogens with zero attached hydrogens (tertiary/aromatic N) is 3. The second-order valence-corrected chi connectivity index (χ2v) is 7.89. The fourth-order valence-corrected chi connectivity index (χ4v) is 4.38. The van der Waals surface area contributed by atoms with E-state index in [0.29, 0.717) is 21.3 Å². The van der Waals surface area contributed by atoms with Crippen LogP contribution in [0.2, 0.25) is 0 Å². The van der Waals surface area contributed by atoms with Gasteiger partial charge in [-0.2, -0.15) is 4.98 Å². The number of aryl methyl sites for hydroxylation is 1. The van der Waals surface area contributed by atoms with Gasteiger partial charge >= 0.3 is 11.7 Å². The Hall–Kier alpha value is -2.59. The maximum atomic E-state index is 13.4. The molecule has 2 aromatic heterocycles. The molecule has 0 fully saturated rings. The van der Waals surface area contributed by atoms with Crippen LogP contribution in [0.15, 0.2) is 34.1 Å². The highest BCUT2D eigenvalue weighted by atomic mass is 32.2. The Labute approximate surface area is 162 Å². The summed E-state index contributed by atoms with van der Waals surface area (Å²) in [5.41, 5.74) is 0.682. The summed E-state index contributed by atoms with van der Waals surface area (Å²) in [5.74, 6) is -0.929. The van der Waals surface area contributed by atoms with Crippen LogP contribution in [0.1, 0.15) is 33.2 Å². The van der Waals surface area contributed by atoms with Gasteiger partial charge in [-0.1, -0.05) is 35.2 Å². The summed E-state index contributed by atoms with van der Waals surface area (Å²) in [7, 11) is 1.26. The molecule has 0 aliphatic rings. The molecule has 0 saturated heterocycles. The number of ether oxygens (including phenoxy) is 1. The standard InChI is InChI=1S/C17H15FN4O3S2/c1-8-12(16(23)25-3)15(20-17(24)19-8)26-9(2)13-21-22-14(27-13)10-5-4-6-11(18)7-10/h4-7,9H,1-3H3,(H,19,20,24). The molecule has 7 nitrogen and oxygen atoms in total. The Bertz CT molecular complexity index is 1050. The summed E-state index contributed by atoms with van der Waals surface area (Å²) in [4.78, 5) is 30.2. The fourth-order valence-electron chi connectivity index (χ4n) is 2.34. The Kier molecular flexibility index (Phi) is 5.66. The molecule has 1 N–H and O–H groups in total. The van der Waals surface area contributed by atoms with Crippen molar-refractivity contribution in [2.75, 3.05) is 7.11 Å². The molecule has 0 aliphatic carbocycles. The monoisotopic (exact) mass is 406 g/mol. The Morgan fingerprint density at radius 1 is 1.37 bits per heavy atom. The zero-order valence-corrected chi connectivity index (χ0v) is 16.3. The average molecular weight is 406 g/mol. The van der Waals surface area contributed by atoms with Crippen LogP contribution in [0, 0.1) is 12.7 Å². The summed E-state index contributed by atoms with van der Waals surface area (Å²) in [6, 6.07) is 6.11. The van der Waals surface area contributed by atoms with E-state index in [-0.39, 0.29) is 21.7 Å². The van der Waals surface area contributed by atoms with Crippen LogP contribution in [-0.2, 0) is 4.74 Å². The van der Waals surface area contributed by atoms with E-state index in [4.69, 9.17) is 4.74 Å². The van der Waals surface area contributed by atoms with Crippen LogP contribution >= 0.6 is 23.1 Å². The van der Waals surface area contributed by atoms with Crippen molar-refractivity contribution in [3.63, 3.8) is 0 Å². The van der Waals surface area contributed by atoms with E-state index in [2.05, 4.69) is 20.2 Å².